The lowest BCUT2D eigenvalue weighted by molar-refractivity contribution is -0.140. The van der Waals surface area contributed by atoms with Gasteiger partial charge in [0.2, 0.25) is 17.7 Å². The van der Waals surface area contributed by atoms with Crippen LogP contribution in [0.25, 0.3) is 10.8 Å². The smallest absolute Gasteiger partial charge is 0.272 e. The molecular formula is C57H73F2N9O6. The SMILES string of the molecule is CC(C)(C)C(=O)N1CCCC(c2cccc(C(=O)N[C@@H](C(=O)N3CCC(CN4CCN(CC(=O)N5CCN(C(=O)c6cc(Cc7n[nH]c(=O)c8ccccc78)ccc6F)CC5)CC4)CC3)C3CCCCC3)c2F)C1. The Bertz CT molecular complexity index is 2750. The highest BCUT2D eigenvalue weighted by atomic mass is 19.1. The third-order valence-corrected chi connectivity index (χ3v) is 16.3. The highest BCUT2D eigenvalue weighted by Crippen LogP contribution is 2.34. The summed E-state index contributed by atoms with van der Waals surface area (Å²) in [7, 11) is 0. The molecule has 74 heavy (non-hydrogen) atoms. The van der Waals surface area contributed by atoms with Crippen molar-refractivity contribution in [1.82, 2.24) is 44.9 Å². The zero-order valence-electron chi connectivity index (χ0n) is 43.4. The molecule has 1 aromatic heterocycles. The Balaban J connectivity index is 0.717. The lowest BCUT2D eigenvalue weighted by atomic mass is 9.82. The van der Waals surface area contributed by atoms with Gasteiger partial charge in [-0.2, -0.15) is 5.10 Å². The van der Waals surface area contributed by atoms with Crippen LogP contribution < -0.4 is 10.9 Å². The highest BCUT2D eigenvalue weighted by molar-refractivity contribution is 5.98. The van der Waals surface area contributed by atoms with E-state index < -0.39 is 34.9 Å². The Labute approximate surface area is 433 Å². The van der Waals surface area contributed by atoms with Crippen molar-refractivity contribution in [3.63, 3.8) is 0 Å². The molecule has 1 saturated carbocycles. The normalized spacial score (nSPS) is 20.4. The minimum absolute atomic E-state index is 0.0130. The second kappa shape index (κ2) is 23.2. The first-order valence-corrected chi connectivity index (χ1v) is 27.0. The number of aromatic amines is 1. The van der Waals surface area contributed by atoms with Crippen LogP contribution in [0.4, 0.5) is 8.78 Å². The molecule has 3 aromatic carbocycles. The standard InChI is InChI=1S/C57H73F2N9O6/c1-57(2,3)56(74)68-22-10-13-41(36-68)42-16-9-17-45(50(42)59)52(70)60-51(40-11-5-4-6-12-40)55(73)66-23-20-38(21-24-66)35-63-25-27-64(28-26-63)37-49(69)65-29-31-67(32-30-65)54(72)46-33-39(18-19-47(46)58)34-48-43-14-7-8-15-44(43)53(71)62-61-48/h7-9,14-19,33,38,40-41,51H,4-6,10-13,20-32,34-37H2,1-3H3,(H,60,70)(H,62,71)/t41?,51-/m1/s1. The summed E-state index contributed by atoms with van der Waals surface area (Å²) in [6.45, 7) is 13.6. The summed E-state index contributed by atoms with van der Waals surface area (Å²) in [5.74, 6) is -2.04. The fourth-order valence-corrected chi connectivity index (χ4v) is 12.0. The molecule has 0 radical (unpaired) electrons. The molecule has 1 unspecified atom stereocenters. The van der Waals surface area contributed by atoms with Gasteiger partial charge in [0.25, 0.3) is 17.4 Å². The number of aromatic nitrogens is 2. The van der Waals surface area contributed by atoms with Crippen molar-refractivity contribution in [1.29, 1.82) is 0 Å². The van der Waals surface area contributed by atoms with Crippen molar-refractivity contribution in [2.75, 3.05) is 91.6 Å². The van der Waals surface area contributed by atoms with Crippen molar-refractivity contribution in [3.8, 4) is 0 Å². The van der Waals surface area contributed by atoms with E-state index in [0.29, 0.717) is 98.8 Å². The van der Waals surface area contributed by atoms with E-state index in [4.69, 9.17) is 0 Å². The molecule has 1 aliphatic carbocycles. The van der Waals surface area contributed by atoms with Crippen molar-refractivity contribution in [2.45, 2.75) is 96.9 Å². The minimum Gasteiger partial charge on any atom is -0.342 e. The van der Waals surface area contributed by atoms with Crippen LogP contribution in [0, 0.1) is 28.9 Å². The van der Waals surface area contributed by atoms with Crippen molar-refractivity contribution in [2.24, 2.45) is 17.3 Å². The van der Waals surface area contributed by atoms with Gasteiger partial charge < -0.3 is 29.8 Å². The maximum atomic E-state index is 16.4. The van der Waals surface area contributed by atoms with Gasteiger partial charge in [-0.15, -0.1) is 0 Å². The first kappa shape index (κ1) is 52.8. The van der Waals surface area contributed by atoms with Crippen LogP contribution in [0.3, 0.4) is 0 Å². The number of piperazine rings is 2. The molecule has 5 amide bonds. The van der Waals surface area contributed by atoms with Crippen LogP contribution >= 0.6 is 0 Å². The van der Waals surface area contributed by atoms with Gasteiger partial charge in [0.15, 0.2) is 0 Å². The Morgan fingerprint density at radius 1 is 0.703 bits per heavy atom. The predicted molar refractivity (Wildman–Crippen MR) is 278 cm³/mol. The zero-order chi connectivity index (χ0) is 52.1. The third-order valence-electron chi connectivity index (χ3n) is 16.3. The van der Waals surface area contributed by atoms with Gasteiger partial charge in [0.1, 0.15) is 17.7 Å². The van der Waals surface area contributed by atoms with Gasteiger partial charge in [0.05, 0.1) is 28.8 Å². The molecule has 2 atom stereocenters. The van der Waals surface area contributed by atoms with Gasteiger partial charge in [-0.1, -0.05) is 76.4 Å². The maximum Gasteiger partial charge on any atom is 0.272 e. The Hall–Kier alpha value is -6.07. The number of piperidine rings is 2. The minimum atomic E-state index is -0.728. The summed E-state index contributed by atoms with van der Waals surface area (Å²) in [5.41, 5.74) is 0.825. The van der Waals surface area contributed by atoms with Crippen molar-refractivity contribution < 1.29 is 32.8 Å². The molecule has 396 valence electrons. The molecule has 9 rings (SSSR count). The topological polar surface area (TPSA) is 163 Å². The van der Waals surface area contributed by atoms with Crippen LogP contribution in [-0.4, -0.2) is 167 Å². The lowest BCUT2D eigenvalue weighted by Crippen LogP contribution is -2.56. The number of H-pyrrole nitrogens is 1. The van der Waals surface area contributed by atoms with E-state index in [9.17, 15) is 28.8 Å². The van der Waals surface area contributed by atoms with E-state index in [-0.39, 0.29) is 46.2 Å². The van der Waals surface area contributed by atoms with Crippen LogP contribution in [-0.2, 0) is 20.8 Å². The average Bonchev–Trinajstić information content (AvgIpc) is 3.41. The van der Waals surface area contributed by atoms with Crippen LogP contribution in [0.2, 0.25) is 0 Å². The Kier molecular flexibility index (Phi) is 16.6. The molecule has 4 aromatic rings. The van der Waals surface area contributed by atoms with E-state index >= 15 is 8.78 Å². The lowest BCUT2D eigenvalue weighted by Gasteiger charge is -2.41. The Morgan fingerprint density at radius 2 is 1.39 bits per heavy atom. The number of nitrogens with one attached hydrogen (secondary N) is 2. The monoisotopic (exact) mass is 1020 g/mol. The second-order valence-electron chi connectivity index (χ2n) is 22.5. The fraction of sp³-hybridized carbons (Fsp3) is 0.561. The van der Waals surface area contributed by atoms with E-state index in [0.717, 1.165) is 90.5 Å². The Morgan fingerprint density at radius 3 is 2.11 bits per heavy atom. The van der Waals surface area contributed by atoms with Crippen LogP contribution in [0.5, 0.6) is 0 Å². The number of nitrogens with zero attached hydrogens (tertiary/aromatic N) is 7. The van der Waals surface area contributed by atoms with Gasteiger partial charge in [-0.05, 0) is 85.8 Å². The fourth-order valence-electron chi connectivity index (χ4n) is 12.0. The quantitative estimate of drug-likeness (QED) is 0.172. The number of fused-ring (bicyclic) bond motifs is 1. The molecule has 15 nitrogen and oxygen atoms in total. The summed E-state index contributed by atoms with van der Waals surface area (Å²) < 4.78 is 31.5. The van der Waals surface area contributed by atoms with Gasteiger partial charge >= 0.3 is 0 Å². The number of halogens is 2. The molecule has 5 heterocycles. The van der Waals surface area contributed by atoms with E-state index in [1.165, 1.54) is 12.1 Å². The number of carbonyl (C=O) groups excluding carboxylic acids is 5. The number of benzene rings is 3. The molecule has 4 saturated heterocycles. The molecule has 5 aliphatic rings. The molecule has 4 aliphatic heterocycles. The number of hydrogen-bond acceptors (Lipinski definition) is 9. The van der Waals surface area contributed by atoms with Crippen LogP contribution in [0.15, 0.2) is 65.5 Å². The molecule has 2 N–H and O–H groups in total. The largest absolute Gasteiger partial charge is 0.342 e. The molecular weight excluding hydrogens is 945 g/mol. The molecule has 0 bridgehead atoms. The van der Waals surface area contributed by atoms with Gasteiger partial charge in [-0.25, -0.2) is 13.9 Å². The van der Waals surface area contributed by atoms with E-state index in [1.54, 1.807) is 46.2 Å². The molecule has 17 heteroatoms. The summed E-state index contributed by atoms with van der Waals surface area (Å²) in [6.07, 6.45) is 8.22. The third kappa shape index (κ3) is 12.2. The number of hydrogen-bond donors (Lipinski definition) is 2. The maximum absolute atomic E-state index is 16.4. The van der Waals surface area contributed by atoms with Crippen molar-refractivity contribution >= 4 is 40.3 Å². The zero-order valence-corrected chi connectivity index (χ0v) is 43.4. The second-order valence-corrected chi connectivity index (χ2v) is 22.5. The average molecular weight is 1020 g/mol. The number of carbonyl (C=O) groups is 5. The number of likely N-dealkylation sites (tertiary alicyclic amines) is 2. The summed E-state index contributed by atoms with van der Waals surface area (Å²) >= 11 is 0. The molecule has 0 spiro atoms. The predicted octanol–water partition coefficient (Wildman–Crippen LogP) is 6.06. The summed E-state index contributed by atoms with van der Waals surface area (Å²) in [4.78, 5) is 92.6. The summed E-state index contributed by atoms with van der Waals surface area (Å²) in [6, 6.07) is 15.8. The highest BCUT2D eigenvalue weighted by Gasteiger charge is 2.38. The first-order valence-electron chi connectivity index (χ1n) is 27.0. The van der Waals surface area contributed by atoms with E-state index in [1.807, 2.05) is 42.7 Å². The van der Waals surface area contributed by atoms with Gasteiger partial charge in [-0.3, -0.25) is 33.7 Å². The van der Waals surface area contributed by atoms with Crippen LogP contribution in [0.1, 0.15) is 122 Å². The first-order chi connectivity index (χ1) is 35.6. The number of amides is 5. The van der Waals surface area contributed by atoms with E-state index in [2.05, 4.69) is 25.3 Å². The number of rotatable bonds is 12. The molecule has 5 fully saturated rings. The van der Waals surface area contributed by atoms with Gasteiger partial charge in [0, 0.05) is 108 Å². The van der Waals surface area contributed by atoms with Crippen molar-refractivity contribution in [3.05, 3.63) is 111 Å². The summed E-state index contributed by atoms with van der Waals surface area (Å²) in [5, 5.41) is 11.0.